The summed E-state index contributed by atoms with van der Waals surface area (Å²) in [7, 11) is 0. The van der Waals surface area contributed by atoms with E-state index in [0.717, 1.165) is 21.7 Å². The van der Waals surface area contributed by atoms with Gasteiger partial charge >= 0.3 is 0 Å². The second kappa shape index (κ2) is 4.71. The molecule has 3 aromatic rings. The van der Waals surface area contributed by atoms with Gasteiger partial charge in [0.25, 0.3) is 0 Å². The standard InChI is InChI=1S/C15H10N2OS/c1-10-9-19-15(17-10)12(8-16)7-13-6-11-4-2-3-5-14(11)18-13/h2-7,9H,1H3/b12-7+. The number of benzene rings is 1. The van der Waals surface area contributed by atoms with Crippen LogP contribution in [-0.2, 0) is 0 Å². The summed E-state index contributed by atoms with van der Waals surface area (Å²) in [5, 5.41) is 12.9. The van der Waals surface area contributed by atoms with Gasteiger partial charge in [0.2, 0.25) is 0 Å². The fraction of sp³-hybridized carbons (Fsp3) is 0.0667. The number of aryl methyl sites for hydroxylation is 1. The summed E-state index contributed by atoms with van der Waals surface area (Å²) in [5.41, 5.74) is 2.27. The van der Waals surface area contributed by atoms with E-state index in [1.54, 1.807) is 6.08 Å². The van der Waals surface area contributed by atoms with Crippen molar-refractivity contribution < 1.29 is 4.42 Å². The lowest BCUT2D eigenvalue weighted by molar-refractivity contribution is 0.604. The van der Waals surface area contributed by atoms with Crippen LogP contribution in [0.25, 0.3) is 22.6 Å². The number of fused-ring (bicyclic) bond motifs is 1. The number of nitrogens with zero attached hydrogens (tertiary/aromatic N) is 2. The molecule has 0 fully saturated rings. The number of nitriles is 1. The number of hydrogen-bond donors (Lipinski definition) is 0. The number of rotatable bonds is 2. The Morgan fingerprint density at radius 2 is 2.26 bits per heavy atom. The molecule has 0 spiro atoms. The van der Waals surface area contributed by atoms with Crippen LogP contribution in [0.1, 0.15) is 16.5 Å². The van der Waals surface area contributed by atoms with Gasteiger partial charge in [0.05, 0.1) is 5.57 Å². The maximum atomic E-state index is 9.23. The maximum absolute atomic E-state index is 9.23. The highest BCUT2D eigenvalue weighted by Gasteiger charge is 2.08. The van der Waals surface area contributed by atoms with Gasteiger partial charge in [-0.3, -0.25) is 0 Å². The summed E-state index contributed by atoms with van der Waals surface area (Å²) in [6, 6.07) is 11.9. The Kier molecular flexibility index (Phi) is 2.90. The molecule has 2 aromatic heterocycles. The summed E-state index contributed by atoms with van der Waals surface area (Å²) in [6.07, 6.45) is 1.73. The van der Waals surface area contributed by atoms with E-state index in [1.165, 1.54) is 11.3 Å². The van der Waals surface area contributed by atoms with E-state index in [9.17, 15) is 5.26 Å². The van der Waals surface area contributed by atoms with Crippen molar-refractivity contribution in [3.05, 3.63) is 52.2 Å². The predicted molar refractivity (Wildman–Crippen MR) is 76.5 cm³/mol. The molecule has 0 amide bonds. The molecule has 4 heteroatoms. The number of allylic oxidation sites excluding steroid dienone is 1. The van der Waals surface area contributed by atoms with Crippen LogP contribution in [-0.4, -0.2) is 4.98 Å². The maximum Gasteiger partial charge on any atom is 0.134 e. The molecule has 0 atom stereocenters. The second-order valence-electron chi connectivity index (χ2n) is 4.15. The lowest BCUT2D eigenvalue weighted by atomic mass is 10.2. The molecule has 0 aliphatic heterocycles. The minimum atomic E-state index is 0.525. The van der Waals surface area contributed by atoms with E-state index < -0.39 is 0 Å². The van der Waals surface area contributed by atoms with Crippen molar-refractivity contribution in [3.8, 4) is 6.07 Å². The monoisotopic (exact) mass is 266 g/mol. The third-order valence-electron chi connectivity index (χ3n) is 2.70. The molecule has 0 unspecified atom stereocenters. The quantitative estimate of drug-likeness (QED) is 0.651. The van der Waals surface area contributed by atoms with E-state index in [2.05, 4.69) is 11.1 Å². The largest absolute Gasteiger partial charge is 0.457 e. The average molecular weight is 266 g/mol. The van der Waals surface area contributed by atoms with Crippen LogP contribution in [0.2, 0.25) is 0 Å². The van der Waals surface area contributed by atoms with Crippen LogP contribution in [0, 0.1) is 18.3 Å². The second-order valence-corrected chi connectivity index (χ2v) is 5.01. The lowest BCUT2D eigenvalue weighted by Crippen LogP contribution is -1.80. The Morgan fingerprint density at radius 3 is 2.95 bits per heavy atom. The molecule has 2 heterocycles. The Labute approximate surface area is 114 Å². The SMILES string of the molecule is Cc1csc(/C(C#N)=C/c2cc3ccccc3o2)n1. The molecule has 0 aliphatic carbocycles. The summed E-state index contributed by atoms with van der Waals surface area (Å²) in [4.78, 5) is 4.32. The van der Waals surface area contributed by atoms with E-state index in [-0.39, 0.29) is 0 Å². The summed E-state index contributed by atoms with van der Waals surface area (Å²) in [5.74, 6) is 0.672. The van der Waals surface area contributed by atoms with Crippen LogP contribution < -0.4 is 0 Å². The van der Waals surface area contributed by atoms with E-state index >= 15 is 0 Å². The van der Waals surface area contributed by atoms with Crippen LogP contribution in [0.4, 0.5) is 0 Å². The van der Waals surface area contributed by atoms with Crippen molar-refractivity contribution >= 4 is 34.0 Å². The van der Waals surface area contributed by atoms with Crippen molar-refractivity contribution in [1.82, 2.24) is 4.98 Å². The van der Waals surface area contributed by atoms with E-state index in [4.69, 9.17) is 4.42 Å². The first kappa shape index (κ1) is 11.7. The molecule has 3 nitrogen and oxygen atoms in total. The van der Waals surface area contributed by atoms with Gasteiger partial charge in [0, 0.05) is 22.5 Å². The first-order valence-corrected chi connectivity index (χ1v) is 6.67. The Morgan fingerprint density at radius 1 is 1.42 bits per heavy atom. The molecule has 3 rings (SSSR count). The minimum Gasteiger partial charge on any atom is -0.457 e. The molecule has 1 aromatic carbocycles. The Bertz CT molecular complexity index is 772. The van der Waals surface area contributed by atoms with Gasteiger partial charge in [0.15, 0.2) is 0 Å². The van der Waals surface area contributed by atoms with Crippen LogP contribution >= 0.6 is 11.3 Å². The normalized spacial score (nSPS) is 11.7. The fourth-order valence-electron chi connectivity index (χ4n) is 1.84. The minimum absolute atomic E-state index is 0.525. The number of furan rings is 1. The molecular formula is C15H10N2OS. The van der Waals surface area contributed by atoms with Crippen molar-refractivity contribution in [2.45, 2.75) is 6.92 Å². The van der Waals surface area contributed by atoms with Gasteiger partial charge in [-0.2, -0.15) is 5.26 Å². The van der Waals surface area contributed by atoms with Gasteiger partial charge in [-0.05, 0) is 19.1 Å². The van der Waals surface area contributed by atoms with E-state index in [0.29, 0.717) is 11.3 Å². The Balaban J connectivity index is 2.05. The lowest BCUT2D eigenvalue weighted by Gasteiger charge is -1.90. The molecule has 0 N–H and O–H groups in total. The molecule has 0 saturated carbocycles. The van der Waals surface area contributed by atoms with Gasteiger partial charge in [-0.1, -0.05) is 18.2 Å². The third kappa shape index (κ3) is 2.28. The fourth-order valence-corrected chi connectivity index (χ4v) is 2.60. The van der Waals surface area contributed by atoms with Gasteiger partial charge in [-0.25, -0.2) is 4.98 Å². The van der Waals surface area contributed by atoms with Crippen LogP contribution in [0.15, 0.2) is 40.1 Å². The van der Waals surface area contributed by atoms with Crippen molar-refractivity contribution in [2.24, 2.45) is 0 Å². The zero-order chi connectivity index (χ0) is 13.2. The van der Waals surface area contributed by atoms with Crippen molar-refractivity contribution in [1.29, 1.82) is 5.26 Å². The summed E-state index contributed by atoms with van der Waals surface area (Å²) < 4.78 is 5.68. The zero-order valence-electron chi connectivity index (χ0n) is 10.3. The number of hydrogen-bond acceptors (Lipinski definition) is 4. The highest BCUT2D eigenvalue weighted by Crippen LogP contribution is 2.25. The summed E-state index contributed by atoms with van der Waals surface area (Å²) >= 11 is 1.46. The molecule has 92 valence electrons. The van der Waals surface area contributed by atoms with Crippen LogP contribution in [0.5, 0.6) is 0 Å². The van der Waals surface area contributed by atoms with Crippen LogP contribution in [0.3, 0.4) is 0 Å². The molecule has 0 saturated heterocycles. The molecule has 0 bridgehead atoms. The zero-order valence-corrected chi connectivity index (χ0v) is 11.1. The highest BCUT2D eigenvalue weighted by atomic mass is 32.1. The van der Waals surface area contributed by atoms with Gasteiger partial charge < -0.3 is 4.42 Å². The van der Waals surface area contributed by atoms with E-state index in [1.807, 2.05) is 42.6 Å². The highest BCUT2D eigenvalue weighted by molar-refractivity contribution is 7.11. The van der Waals surface area contributed by atoms with Gasteiger partial charge in [-0.15, -0.1) is 11.3 Å². The number of thiazole rings is 1. The summed E-state index contributed by atoms with van der Waals surface area (Å²) in [6.45, 7) is 1.91. The first-order valence-electron chi connectivity index (χ1n) is 5.79. The van der Waals surface area contributed by atoms with Crippen molar-refractivity contribution in [3.63, 3.8) is 0 Å². The topological polar surface area (TPSA) is 49.8 Å². The third-order valence-corrected chi connectivity index (χ3v) is 3.69. The first-order chi connectivity index (χ1) is 9.26. The smallest absolute Gasteiger partial charge is 0.134 e. The average Bonchev–Trinajstić information content (AvgIpc) is 3.01. The molecule has 19 heavy (non-hydrogen) atoms. The molecular weight excluding hydrogens is 256 g/mol. The Hall–Kier alpha value is -2.38. The van der Waals surface area contributed by atoms with Gasteiger partial charge in [0.1, 0.15) is 22.4 Å². The molecule has 0 aliphatic rings. The number of aromatic nitrogens is 1. The number of para-hydroxylation sites is 1. The molecule has 0 radical (unpaired) electrons. The van der Waals surface area contributed by atoms with Crippen molar-refractivity contribution in [2.75, 3.05) is 0 Å². The predicted octanol–water partition coefficient (Wildman–Crippen LogP) is 4.26.